The molecule has 0 heterocycles. The van der Waals surface area contributed by atoms with Crippen molar-refractivity contribution in [2.45, 2.75) is 59.3 Å². The van der Waals surface area contributed by atoms with Gasteiger partial charge in [-0.3, -0.25) is 4.79 Å². The van der Waals surface area contributed by atoms with Crippen LogP contribution in [-0.4, -0.2) is 19.0 Å². The van der Waals surface area contributed by atoms with Crippen LogP contribution in [0.15, 0.2) is 0 Å². The molecule has 94 valence electrons. The average molecular weight is 226 g/mol. The van der Waals surface area contributed by atoms with E-state index in [2.05, 4.69) is 20.8 Å². The average Bonchev–Trinajstić information content (AvgIpc) is 2.67. The molecule has 0 unspecified atom stereocenters. The number of rotatable bonds is 7. The third kappa shape index (κ3) is 3.58. The molecule has 1 fully saturated rings. The molecular weight excluding hydrogens is 200 g/mol. The first-order chi connectivity index (χ1) is 7.60. The second-order valence-corrected chi connectivity index (χ2v) is 5.56. The van der Waals surface area contributed by atoms with Crippen molar-refractivity contribution in [3.63, 3.8) is 0 Å². The van der Waals surface area contributed by atoms with E-state index in [1.807, 2.05) is 0 Å². The minimum atomic E-state index is -0.0398. The minimum absolute atomic E-state index is 0.0398. The number of ether oxygens (including phenoxy) is 1. The molecule has 16 heavy (non-hydrogen) atoms. The van der Waals surface area contributed by atoms with Crippen molar-refractivity contribution in [3.05, 3.63) is 0 Å². The topological polar surface area (TPSA) is 26.3 Å². The van der Waals surface area contributed by atoms with Crippen LogP contribution in [-0.2, 0) is 9.53 Å². The molecule has 1 rings (SSSR count). The lowest BCUT2D eigenvalue weighted by atomic mass is 9.75. The van der Waals surface area contributed by atoms with E-state index < -0.39 is 0 Å². The van der Waals surface area contributed by atoms with E-state index in [0.717, 1.165) is 25.7 Å². The zero-order valence-electron chi connectivity index (χ0n) is 11.1. The molecule has 2 nitrogen and oxygen atoms in total. The van der Waals surface area contributed by atoms with E-state index in [4.69, 9.17) is 4.74 Å². The van der Waals surface area contributed by atoms with Gasteiger partial charge in [0.25, 0.3) is 0 Å². The Hall–Kier alpha value is -0.370. The Bertz CT molecular complexity index is 215. The molecule has 2 heteroatoms. The molecule has 1 saturated carbocycles. The summed E-state index contributed by atoms with van der Waals surface area (Å²) in [5, 5.41) is 0. The number of hydrogen-bond donors (Lipinski definition) is 0. The summed E-state index contributed by atoms with van der Waals surface area (Å²) in [7, 11) is 0. The van der Waals surface area contributed by atoms with Crippen molar-refractivity contribution >= 4 is 5.78 Å². The molecule has 0 aromatic carbocycles. The zero-order chi connectivity index (χ0) is 12.0. The molecule has 0 bridgehead atoms. The molecule has 0 saturated heterocycles. The third-order valence-electron chi connectivity index (χ3n) is 3.53. The van der Waals surface area contributed by atoms with Gasteiger partial charge in [-0.2, -0.15) is 0 Å². The van der Waals surface area contributed by atoms with E-state index in [0.29, 0.717) is 24.9 Å². The Morgan fingerprint density at radius 3 is 2.44 bits per heavy atom. The maximum atomic E-state index is 12.3. The van der Waals surface area contributed by atoms with Crippen molar-refractivity contribution < 1.29 is 9.53 Å². The van der Waals surface area contributed by atoms with Gasteiger partial charge in [-0.1, -0.05) is 33.6 Å². The van der Waals surface area contributed by atoms with Gasteiger partial charge in [-0.15, -0.1) is 0 Å². The number of Topliss-reactive ketones (excluding diaryl/α,β-unsaturated/α-hetero) is 1. The number of hydrogen-bond acceptors (Lipinski definition) is 2. The lowest BCUT2D eigenvalue weighted by molar-refractivity contribution is -0.134. The van der Waals surface area contributed by atoms with Gasteiger partial charge in [0.05, 0.1) is 0 Å². The first-order valence-electron chi connectivity index (χ1n) is 6.72. The lowest BCUT2D eigenvalue weighted by Gasteiger charge is -2.29. The van der Waals surface area contributed by atoms with E-state index in [-0.39, 0.29) is 5.41 Å². The predicted octanol–water partition coefficient (Wildman–Crippen LogP) is 3.59. The van der Waals surface area contributed by atoms with Gasteiger partial charge in [-0.25, -0.2) is 0 Å². The highest BCUT2D eigenvalue weighted by molar-refractivity contribution is 5.86. The molecule has 0 amide bonds. The van der Waals surface area contributed by atoms with Gasteiger partial charge in [0.1, 0.15) is 6.61 Å². The van der Waals surface area contributed by atoms with E-state index in [1.165, 1.54) is 12.8 Å². The third-order valence-corrected chi connectivity index (χ3v) is 3.53. The van der Waals surface area contributed by atoms with Crippen LogP contribution in [0.1, 0.15) is 59.3 Å². The first-order valence-corrected chi connectivity index (χ1v) is 6.72. The maximum absolute atomic E-state index is 12.3. The van der Waals surface area contributed by atoms with Gasteiger partial charge in [0.2, 0.25) is 0 Å². The molecule has 0 aromatic rings. The Morgan fingerprint density at radius 2 is 1.94 bits per heavy atom. The number of carbonyl (C=O) groups is 1. The van der Waals surface area contributed by atoms with Crippen molar-refractivity contribution in [1.29, 1.82) is 0 Å². The monoisotopic (exact) mass is 226 g/mol. The summed E-state index contributed by atoms with van der Waals surface area (Å²) in [4.78, 5) is 12.3. The molecule has 0 aliphatic heterocycles. The van der Waals surface area contributed by atoms with Crippen LogP contribution < -0.4 is 0 Å². The number of carbonyl (C=O) groups excluding carboxylic acids is 1. The normalized spacial score (nSPS) is 19.2. The smallest absolute Gasteiger partial charge is 0.164 e. The van der Waals surface area contributed by atoms with Crippen molar-refractivity contribution in [2.24, 2.45) is 11.3 Å². The predicted molar refractivity (Wildman–Crippen MR) is 66.5 cm³/mol. The molecule has 1 aliphatic carbocycles. The summed E-state index contributed by atoms with van der Waals surface area (Å²) >= 11 is 0. The summed E-state index contributed by atoms with van der Waals surface area (Å²) in [5.74, 6) is 0.959. The summed E-state index contributed by atoms with van der Waals surface area (Å²) in [6.07, 6.45) is 6.63. The van der Waals surface area contributed by atoms with Crippen molar-refractivity contribution in [3.8, 4) is 0 Å². The summed E-state index contributed by atoms with van der Waals surface area (Å²) in [6, 6.07) is 0. The fourth-order valence-electron chi connectivity index (χ4n) is 2.89. The fraction of sp³-hybridized carbons (Fsp3) is 0.929. The summed E-state index contributed by atoms with van der Waals surface area (Å²) < 4.78 is 5.41. The largest absolute Gasteiger partial charge is 0.374 e. The molecular formula is C14H26O2. The van der Waals surface area contributed by atoms with Crippen molar-refractivity contribution in [2.75, 3.05) is 13.2 Å². The number of ketones is 1. The van der Waals surface area contributed by atoms with Crippen LogP contribution in [0.2, 0.25) is 0 Å². The Balaban J connectivity index is 2.51. The molecule has 1 aliphatic rings. The quantitative estimate of drug-likeness (QED) is 0.620. The molecule has 0 N–H and O–H groups in total. The second kappa shape index (κ2) is 6.39. The van der Waals surface area contributed by atoms with Gasteiger partial charge in [0, 0.05) is 12.0 Å². The van der Waals surface area contributed by atoms with Gasteiger partial charge < -0.3 is 4.74 Å². The highest BCUT2D eigenvalue weighted by Crippen LogP contribution is 2.43. The van der Waals surface area contributed by atoms with Crippen LogP contribution in [0.25, 0.3) is 0 Å². The highest BCUT2D eigenvalue weighted by atomic mass is 16.5. The van der Waals surface area contributed by atoms with E-state index in [9.17, 15) is 4.79 Å². The lowest BCUT2D eigenvalue weighted by Crippen LogP contribution is -2.33. The first kappa shape index (κ1) is 13.7. The Morgan fingerprint density at radius 1 is 1.31 bits per heavy atom. The zero-order valence-corrected chi connectivity index (χ0v) is 11.1. The Labute approximate surface area is 99.8 Å². The van der Waals surface area contributed by atoms with Crippen LogP contribution in [0.3, 0.4) is 0 Å². The maximum Gasteiger partial charge on any atom is 0.164 e. The Kier molecular flexibility index (Phi) is 5.47. The molecule has 0 radical (unpaired) electrons. The molecule has 0 aromatic heterocycles. The standard InChI is InChI=1S/C14H26O2/c1-4-9-16-11-13(15)14(10-12(2)3)7-5-6-8-14/h12H,4-11H2,1-3H3. The van der Waals surface area contributed by atoms with E-state index >= 15 is 0 Å². The van der Waals surface area contributed by atoms with Crippen molar-refractivity contribution in [1.82, 2.24) is 0 Å². The van der Waals surface area contributed by atoms with Crippen LogP contribution in [0.4, 0.5) is 0 Å². The fourth-order valence-corrected chi connectivity index (χ4v) is 2.89. The van der Waals surface area contributed by atoms with Crippen LogP contribution in [0.5, 0.6) is 0 Å². The van der Waals surface area contributed by atoms with E-state index in [1.54, 1.807) is 0 Å². The highest BCUT2D eigenvalue weighted by Gasteiger charge is 2.40. The molecule has 0 spiro atoms. The summed E-state index contributed by atoms with van der Waals surface area (Å²) in [6.45, 7) is 7.54. The van der Waals surface area contributed by atoms with Crippen LogP contribution in [0, 0.1) is 11.3 Å². The van der Waals surface area contributed by atoms with Crippen LogP contribution >= 0.6 is 0 Å². The van der Waals surface area contributed by atoms with Gasteiger partial charge in [-0.05, 0) is 31.6 Å². The molecule has 0 atom stereocenters. The van der Waals surface area contributed by atoms with Gasteiger partial charge >= 0.3 is 0 Å². The summed E-state index contributed by atoms with van der Waals surface area (Å²) in [5.41, 5.74) is -0.0398. The second-order valence-electron chi connectivity index (χ2n) is 5.56. The SMILES string of the molecule is CCCOCC(=O)C1(CC(C)C)CCCC1. The van der Waals surface area contributed by atoms with Gasteiger partial charge in [0.15, 0.2) is 5.78 Å². The minimum Gasteiger partial charge on any atom is -0.374 e.